The summed E-state index contributed by atoms with van der Waals surface area (Å²) in [5.74, 6) is 1.26. The molecule has 1 aromatic carbocycles. The number of hydrogen-bond acceptors (Lipinski definition) is 7. The average Bonchev–Trinajstić information content (AvgIpc) is 3.17. The van der Waals surface area contributed by atoms with Gasteiger partial charge in [0, 0.05) is 24.6 Å². The Morgan fingerprint density at radius 1 is 1.23 bits per heavy atom. The summed E-state index contributed by atoms with van der Waals surface area (Å²) < 4.78 is 16.0. The molecule has 1 saturated heterocycles. The van der Waals surface area contributed by atoms with Crippen LogP contribution in [-0.4, -0.2) is 46.6 Å². The van der Waals surface area contributed by atoms with Gasteiger partial charge in [-0.2, -0.15) is 0 Å². The lowest BCUT2D eigenvalue weighted by Gasteiger charge is -2.30. The van der Waals surface area contributed by atoms with Crippen LogP contribution in [0.15, 0.2) is 40.9 Å². The highest BCUT2D eigenvalue weighted by atomic mass is 16.6. The van der Waals surface area contributed by atoms with E-state index in [0.29, 0.717) is 31.2 Å². The summed E-state index contributed by atoms with van der Waals surface area (Å²) in [6.07, 6.45) is 2.69. The summed E-state index contributed by atoms with van der Waals surface area (Å²) in [7, 11) is 0. The first-order chi connectivity index (χ1) is 14.5. The quantitative estimate of drug-likeness (QED) is 0.584. The third kappa shape index (κ3) is 4.27. The Hall–Kier alpha value is -3.42. The molecule has 0 unspecified atom stereocenters. The number of amides is 1. The molecule has 0 atom stereocenters. The van der Waals surface area contributed by atoms with E-state index in [-0.39, 0.29) is 18.1 Å². The van der Waals surface area contributed by atoms with Crippen LogP contribution in [-0.2, 0) is 9.53 Å². The lowest BCUT2D eigenvalue weighted by atomic mass is 9.97. The molecule has 1 amide bonds. The van der Waals surface area contributed by atoms with Crippen LogP contribution < -0.4 is 4.74 Å². The Kier molecular flexibility index (Phi) is 5.65. The van der Waals surface area contributed by atoms with Crippen molar-refractivity contribution in [1.29, 1.82) is 0 Å². The van der Waals surface area contributed by atoms with Crippen LogP contribution in [0.3, 0.4) is 0 Å². The molecule has 2 aromatic heterocycles. The first kappa shape index (κ1) is 19.9. The summed E-state index contributed by atoms with van der Waals surface area (Å²) in [6.45, 7) is 5.32. The van der Waals surface area contributed by atoms with Gasteiger partial charge in [0.2, 0.25) is 0 Å². The molecule has 0 saturated carbocycles. The SMILES string of the molecule is CC(C)OC(=O)N1CCC(c2nc3cc(-c4ccc(OC=O)cn4)ccc3o2)CC1. The number of carbonyl (C=O) groups excluding carboxylic acids is 2. The maximum absolute atomic E-state index is 12.1. The van der Waals surface area contributed by atoms with E-state index >= 15 is 0 Å². The van der Waals surface area contributed by atoms with Crippen LogP contribution in [0.25, 0.3) is 22.4 Å². The first-order valence-electron chi connectivity index (χ1n) is 9.96. The fourth-order valence-corrected chi connectivity index (χ4v) is 3.54. The average molecular weight is 409 g/mol. The Labute approximate surface area is 173 Å². The number of aromatic nitrogens is 2. The van der Waals surface area contributed by atoms with E-state index in [4.69, 9.17) is 13.9 Å². The highest BCUT2D eigenvalue weighted by molar-refractivity contribution is 5.79. The minimum absolute atomic E-state index is 0.121. The molecule has 8 nitrogen and oxygen atoms in total. The third-order valence-corrected chi connectivity index (χ3v) is 5.06. The second-order valence-corrected chi connectivity index (χ2v) is 7.52. The van der Waals surface area contributed by atoms with Crippen LogP contribution in [0.5, 0.6) is 5.75 Å². The molecule has 1 fully saturated rings. The van der Waals surface area contributed by atoms with E-state index in [9.17, 15) is 9.59 Å². The fraction of sp³-hybridized carbons (Fsp3) is 0.364. The van der Waals surface area contributed by atoms with Gasteiger partial charge in [-0.1, -0.05) is 0 Å². The van der Waals surface area contributed by atoms with Crippen molar-refractivity contribution < 1.29 is 23.5 Å². The summed E-state index contributed by atoms with van der Waals surface area (Å²) in [5, 5.41) is 0. The van der Waals surface area contributed by atoms with Gasteiger partial charge < -0.3 is 18.8 Å². The summed E-state index contributed by atoms with van der Waals surface area (Å²) in [5.41, 5.74) is 3.12. The number of hydrogen-bond donors (Lipinski definition) is 0. The van der Waals surface area contributed by atoms with Gasteiger partial charge in [-0.25, -0.2) is 9.78 Å². The number of piperidine rings is 1. The molecule has 0 aliphatic carbocycles. The zero-order chi connectivity index (χ0) is 21.1. The topological polar surface area (TPSA) is 94.8 Å². The summed E-state index contributed by atoms with van der Waals surface area (Å²) >= 11 is 0. The zero-order valence-electron chi connectivity index (χ0n) is 16.9. The van der Waals surface area contributed by atoms with Crippen LogP contribution in [0.4, 0.5) is 4.79 Å². The van der Waals surface area contributed by atoms with Crippen molar-refractivity contribution in [3.63, 3.8) is 0 Å². The molecule has 0 N–H and O–H groups in total. The predicted octanol–water partition coefficient (Wildman–Crippen LogP) is 4.15. The van der Waals surface area contributed by atoms with Gasteiger partial charge in [-0.3, -0.25) is 9.78 Å². The van der Waals surface area contributed by atoms with Crippen molar-refractivity contribution in [1.82, 2.24) is 14.9 Å². The van der Waals surface area contributed by atoms with E-state index < -0.39 is 0 Å². The molecule has 1 aliphatic rings. The number of oxazole rings is 1. The first-order valence-corrected chi connectivity index (χ1v) is 9.96. The van der Waals surface area contributed by atoms with Gasteiger partial charge in [-0.15, -0.1) is 0 Å². The molecule has 156 valence electrons. The zero-order valence-corrected chi connectivity index (χ0v) is 16.9. The standard InChI is InChI=1S/C22H23N3O5/c1-14(2)29-22(27)25-9-7-15(8-10-25)21-24-19-11-16(3-6-20(19)30-21)18-5-4-17(12-23-18)28-13-26/h3-6,11-15H,7-10H2,1-2H3. The van der Waals surface area contributed by atoms with E-state index in [1.54, 1.807) is 17.0 Å². The van der Waals surface area contributed by atoms with E-state index in [2.05, 4.69) is 9.97 Å². The van der Waals surface area contributed by atoms with Gasteiger partial charge >= 0.3 is 6.09 Å². The summed E-state index contributed by atoms with van der Waals surface area (Å²) in [6, 6.07) is 9.21. The van der Waals surface area contributed by atoms with Crippen LogP contribution >= 0.6 is 0 Å². The number of ether oxygens (including phenoxy) is 2. The van der Waals surface area contributed by atoms with Crippen LogP contribution in [0, 0.1) is 0 Å². The number of fused-ring (bicyclic) bond motifs is 1. The molecule has 3 heterocycles. The molecule has 0 spiro atoms. The number of rotatable bonds is 5. The minimum Gasteiger partial charge on any atom is -0.447 e. The lowest BCUT2D eigenvalue weighted by Crippen LogP contribution is -2.39. The molecular weight excluding hydrogens is 386 g/mol. The molecule has 4 rings (SSSR count). The minimum atomic E-state index is -0.261. The van der Waals surface area contributed by atoms with Crippen LogP contribution in [0.1, 0.15) is 38.5 Å². The molecule has 0 radical (unpaired) electrons. The number of pyridine rings is 1. The Morgan fingerprint density at radius 3 is 2.70 bits per heavy atom. The Morgan fingerprint density at radius 2 is 2.03 bits per heavy atom. The second-order valence-electron chi connectivity index (χ2n) is 7.52. The van der Waals surface area contributed by atoms with Crippen molar-refractivity contribution >= 4 is 23.7 Å². The fourth-order valence-electron chi connectivity index (χ4n) is 3.54. The van der Waals surface area contributed by atoms with Crippen molar-refractivity contribution in [3.8, 4) is 17.0 Å². The predicted molar refractivity (Wildman–Crippen MR) is 109 cm³/mol. The van der Waals surface area contributed by atoms with E-state index in [1.807, 2.05) is 32.0 Å². The number of nitrogens with zero attached hydrogens (tertiary/aromatic N) is 3. The molecule has 8 heteroatoms. The molecule has 30 heavy (non-hydrogen) atoms. The van der Waals surface area contributed by atoms with Crippen molar-refractivity contribution in [2.45, 2.75) is 38.7 Å². The van der Waals surface area contributed by atoms with Crippen LogP contribution in [0.2, 0.25) is 0 Å². The van der Waals surface area contributed by atoms with Crippen molar-refractivity contribution in [2.75, 3.05) is 13.1 Å². The number of likely N-dealkylation sites (tertiary alicyclic amines) is 1. The Balaban J connectivity index is 1.46. The second kappa shape index (κ2) is 8.52. The molecule has 0 bridgehead atoms. The van der Waals surface area contributed by atoms with Gasteiger partial charge in [0.15, 0.2) is 11.5 Å². The third-order valence-electron chi connectivity index (χ3n) is 5.06. The van der Waals surface area contributed by atoms with Gasteiger partial charge in [0.05, 0.1) is 18.0 Å². The van der Waals surface area contributed by atoms with Crippen molar-refractivity contribution in [3.05, 3.63) is 42.4 Å². The lowest BCUT2D eigenvalue weighted by molar-refractivity contribution is -0.120. The van der Waals surface area contributed by atoms with Gasteiger partial charge in [-0.05, 0) is 57.0 Å². The highest BCUT2D eigenvalue weighted by Gasteiger charge is 2.28. The molecular formula is C22H23N3O5. The van der Waals surface area contributed by atoms with Gasteiger partial charge in [0.1, 0.15) is 11.3 Å². The molecule has 3 aromatic rings. The highest BCUT2D eigenvalue weighted by Crippen LogP contribution is 2.32. The van der Waals surface area contributed by atoms with Crippen molar-refractivity contribution in [2.24, 2.45) is 0 Å². The maximum atomic E-state index is 12.1. The van der Waals surface area contributed by atoms with E-state index in [1.165, 1.54) is 6.20 Å². The summed E-state index contributed by atoms with van der Waals surface area (Å²) in [4.78, 5) is 33.2. The molecule has 1 aliphatic heterocycles. The maximum Gasteiger partial charge on any atom is 0.410 e. The monoisotopic (exact) mass is 409 g/mol. The number of carbonyl (C=O) groups is 2. The smallest absolute Gasteiger partial charge is 0.410 e. The largest absolute Gasteiger partial charge is 0.447 e. The Bertz CT molecular complexity index is 1040. The normalized spacial score (nSPS) is 14.8. The van der Waals surface area contributed by atoms with E-state index in [0.717, 1.165) is 35.2 Å². The van der Waals surface area contributed by atoms with Gasteiger partial charge in [0.25, 0.3) is 6.47 Å². The number of benzene rings is 1.